The number of unbranched alkanes of at least 4 members (excludes halogenated alkanes) is 12. The summed E-state index contributed by atoms with van der Waals surface area (Å²) >= 11 is 0. The quantitative estimate of drug-likeness (QED) is 0.0224. The van der Waals surface area contributed by atoms with Crippen LogP contribution in [-0.4, -0.2) is 37.2 Å². The summed E-state index contributed by atoms with van der Waals surface area (Å²) in [6.07, 6.45) is 47.3. The minimum Gasteiger partial charge on any atom is -0.462 e. The SMILES string of the molecule is CC\C=C/C=C\C=C/C=C\C=C/CCCC(=O)OCC(COC(=O)CCCC/C=C\C/C=C\CC)OC(=O)CCCCCCCCCCCC. The van der Waals surface area contributed by atoms with Crippen molar-refractivity contribution < 1.29 is 28.6 Å². The van der Waals surface area contributed by atoms with Crippen molar-refractivity contribution in [2.24, 2.45) is 0 Å². The van der Waals surface area contributed by atoms with Gasteiger partial charge in [-0.1, -0.05) is 164 Å². The predicted octanol–water partition coefficient (Wildman–Crippen LogP) is 12.1. The monoisotopic (exact) mass is 695 g/mol. The van der Waals surface area contributed by atoms with E-state index in [1.54, 1.807) is 0 Å². The van der Waals surface area contributed by atoms with E-state index in [-0.39, 0.29) is 37.5 Å². The van der Waals surface area contributed by atoms with Gasteiger partial charge in [0.2, 0.25) is 0 Å². The van der Waals surface area contributed by atoms with Crippen LogP contribution >= 0.6 is 0 Å². The van der Waals surface area contributed by atoms with Gasteiger partial charge in [-0.15, -0.1) is 0 Å². The summed E-state index contributed by atoms with van der Waals surface area (Å²) in [4.78, 5) is 37.4. The van der Waals surface area contributed by atoms with Crippen LogP contribution in [0.25, 0.3) is 0 Å². The van der Waals surface area contributed by atoms with Crippen molar-refractivity contribution in [3.05, 3.63) is 85.1 Å². The number of carbonyl (C=O) groups is 3. The maximum atomic E-state index is 12.6. The zero-order chi connectivity index (χ0) is 36.6. The van der Waals surface area contributed by atoms with Crippen LogP contribution in [0.1, 0.15) is 156 Å². The third-order valence-electron chi connectivity index (χ3n) is 7.77. The lowest BCUT2D eigenvalue weighted by Gasteiger charge is -2.18. The molecule has 0 saturated heterocycles. The third kappa shape index (κ3) is 35.9. The lowest BCUT2D eigenvalue weighted by Crippen LogP contribution is -2.30. The van der Waals surface area contributed by atoms with Crippen LogP contribution in [0, 0.1) is 0 Å². The minimum absolute atomic E-state index is 0.117. The van der Waals surface area contributed by atoms with Crippen LogP contribution in [0.4, 0.5) is 0 Å². The van der Waals surface area contributed by atoms with Crippen molar-refractivity contribution in [3.8, 4) is 0 Å². The minimum atomic E-state index is -0.812. The Morgan fingerprint density at radius 3 is 1.50 bits per heavy atom. The zero-order valence-electron chi connectivity index (χ0n) is 31.9. The van der Waals surface area contributed by atoms with Gasteiger partial charge in [0.25, 0.3) is 0 Å². The molecule has 0 aliphatic heterocycles. The molecule has 0 N–H and O–H groups in total. The van der Waals surface area contributed by atoms with Crippen molar-refractivity contribution in [1.29, 1.82) is 0 Å². The van der Waals surface area contributed by atoms with Gasteiger partial charge in [0.1, 0.15) is 13.2 Å². The van der Waals surface area contributed by atoms with Crippen LogP contribution < -0.4 is 0 Å². The Balaban J connectivity index is 4.56. The summed E-state index contributed by atoms with van der Waals surface area (Å²) in [5.41, 5.74) is 0. The van der Waals surface area contributed by atoms with E-state index < -0.39 is 6.10 Å². The smallest absolute Gasteiger partial charge is 0.306 e. The van der Waals surface area contributed by atoms with E-state index in [1.807, 2.05) is 54.7 Å². The van der Waals surface area contributed by atoms with Crippen molar-refractivity contribution in [1.82, 2.24) is 0 Å². The molecule has 50 heavy (non-hydrogen) atoms. The number of carbonyl (C=O) groups excluding carboxylic acids is 3. The molecule has 0 aromatic heterocycles. The number of esters is 3. The second kappa shape index (κ2) is 38.4. The Morgan fingerprint density at radius 1 is 0.440 bits per heavy atom. The first-order chi connectivity index (χ1) is 24.5. The molecule has 0 heterocycles. The van der Waals surface area contributed by atoms with E-state index in [4.69, 9.17) is 14.2 Å². The molecule has 6 nitrogen and oxygen atoms in total. The molecule has 0 amide bonds. The Hall–Kier alpha value is -3.41. The molecule has 6 heteroatoms. The van der Waals surface area contributed by atoms with Gasteiger partial charge in [0, 0.05) is 19.3 Å². The van der Waals surface area contributed by atoms with E-state index in [0.717, 1.165) is 64.2 Å². The Morgan fingerprint density at radius 2 is 0.900 bits per heavy atom. The normalized spacial score (nSPS) is 12.9. The van der Waals surface area contributed by atoms with Crippen LogP contribution in [0.3, 0.4) is 0 Å². The Kier molecular flexibility index (Phi) is 35.8. The van der Waals surface area contributed by atoms with Gasteiger partial charge in [-0.2, -0.15) is 0 Å². The van der Waals surface area contributed by atoms with Gasteiger partial charge < -0.3 is 14.2 Å². The predicted molar refractivity (Wildman–Crippen MR) is 210 cm³/mol. The average Bonchev–Trinajstić information content (AvgIpc) is 3.11. The van der Waals surface area contributed by atoms with Crippen molar-refractivity contribution in [2.45, 2.75) is 162 Å². The summed E-state index contributed by atoms with van der Waals surface area (Å²) < 4.78 is 16.5. The molecule has 0 aliphatic carbocycles. The lowest BCUT2D eigenvalue weighted by atomic mass is 10.1. The molecule has 0 rings (SSSR count). The van der Waals surface area contributed by atoms with E-state index in [2.05, 4.69) is 51.2 Å². The molecule has 1 unspecified atom stereocenters. The molecule has 0 spiro atoms. The van der Waals surface area contributed by atoms with Crippen molar-refractivity contribution in [3.63, 3.8) is 0 Å². The molecule has 0 saturated carbocycles. The molecule has 0 aromatic rings. The van der Waals surface area contributed by atoms with E-state index in [9.17, 15) is 14.4 Å². The molecule has 0 radical (unpaired) electrons. The standard InChI is InChI=1S/C44H70O6/c1-4-7-10-13-16-19-21-22-23-26-28-31-34-37-43(46)49-40-41(39-48-42(45)36-33-30-27-24-18-15-12-9-6-3)50-44(47)38-35-32-29-25-20-17-14-11-8-5-2/h7,9-10,12-13,16,18-19,21-24,26,28,41H,4-6,8,11,14-15,17,20,25,27,29-40H2,1-3H3/b10-7-,12-9-,16-13-,21-19-,23-22-,24-18-,28-26-. The van der Waals surface area contributed by atoms with Gasteiger partial charge in [0.05, 0.1) is 0 Å². The number of rotatable bonds is 33. The highest BCUT2D eigenvalue weighted by atomic mass is 16.6. The van der Waals surface area contributed by atoms with E-state index in [0.29, 0.717) is 19.3 Å². The van der Waals surface area contributed by atoms with E-state index in [1.165, 1.54) is 44.9 Å². The summed E-state index contributed by atoms with van der Waals surface area (Å²) in [7, 11) is 0. The highest BCUT2D eigenvalue weighted by Crippen LogP contribution is 2.12. The second-order valence-corrected chi connectivity index (χ2v) is 12.6. The van der Waals surface area contributed by atoms with Crippen LogP contribution in [-0.2, 0) is 28.6 Å². The molecular weight excluding hydrogens is 624 g/mol. The lowest BCUT2D eigenvalue weighted by molar-refractivity contribution is -0.167. The molecule has 0 fully saturated rings. The van der Waals surface area contributed by atoms with E-state index >= 15 is 0 Å². The number of ether oxygens (including phenoxy) is 3. The fourth-order valence-electron chi connectivity index (χ4n) is 4.86. The fraction of sp³-hybridized carbons (Fsp3) is 0.614. The topological polar surface area (TPSA) is 78.9 Å². The molecule has 0 aliphatic rings. The highest BCUT2D eigenvalue weighted by molar-refractivity contribution is 5.71. The molecular formula is C44H70O6. The largest absolute Gasteiger partial charge is 0.462 e. The Labute approximate surface area is 305 Å². The molecule has 0 aromatic carbocycles. The van der Waals surface area contributed by atoms with Gasteiger partial charge in [-0.05, 0) is 57.8 Å². The number of hydrogen-bond donors (Lipinski definition) is 0. The van der Waals surface area contributed by atoms with Crippen molar-refractivity contribution in [2.75, 3.05) is 13.2 Å². The number of hydrogen-bond acceptors (Lipinski definition) is 6. The van der Waals surface area contributed by atoms with Crippen LogP contribution in [0.5, 0.6) is 0 Å². The first kappa shape index (κ1) is 46.6. The van der Waals surface area contributed by atoms with Gasteiger partial charge >= 0.3 is 17.9 Å². The van der Waals surface area contributed by atoms with Crippen molar-refractivity contribution >= 4 is 17.9 Å². The second-order valence-electron chi connectivity index (χ2n) is 12.6. The highest BCUT2D eigenvalue weighted by Gasteiger charge is 2.19. The first-order valence-electron chi connectivity index (χ1n) is 19.7. The van der Waals surface area contributed by atoms with Gasteiger partial charge in [-0.3, -0.25) is 14.4 Å². The molecule has 282 valence electrons. The first-order valence-corrected chi connectivity index (χ1v) is 19.7. The fourth-order valence-corrected chi connectivity index (χ4v) is 4.86. The van der Waals surface area contributed by atoms with Crippen LogP contribution in [0.15, 0.2) is 85.1 Å². The van der Waals surface area contributed by atoms with Gasteiger partial charge in [0.15, 0.2) is 6.10 Å². The molecule has 0 bridgehead atoms. The zero-order valence-corrected chi connectivity index (χ0v) is 31.9. The summed E-state index contributed by atoms with van der Waals surface area (Å²) in [5, 5.41) is 0. The summed E-state index contributed by atoms with van der Waals surface area (Å²) in [5.74, 6) is -1.04. The third-order valence-corrected chi connectivity index (χ3v) is 7.77. The molecule has 1 atom stereocenters. The maximum absolute atomic E-state index is 12.6. The Bertz CT molecular complexity index is 1030. The average molecular weight is 695 g/mol. The number of allylic oxidation sites excluding steroid dienone is 14. The summed E-state index contributed by atoms with van der Waals surface area (Å²) in [6.45, 7) is 6.21. The maximum Gasteiger partial charge on any atom is 0.306 e. The van der Waals surface area contributed by atoms with Crippen LogP contribution in [0.2, 0.25) is 0 Å². The summed E-state index contributed by atoms with van der Waals surface area (Å²) in [6, 6.07) is 0. The van der Waals surface area contributed by atoms with Gasteiger partial charge in [-0.25, -0.2) is 0 Å².